The van der Waals surface area contributed by atoms with Crippen LogP contribution in [0.5, 0.6) is 0 Å². The molecule has 0 aromatic carbocycles. The van der Waals surface area contributed by atoms with E-state index in [0.29, 0.717) is 12.8 Å². The lowest BCUT2D eigenvalue weighted by molar-refractivity contribution is -0.305. The first-order valence-corrected chi connectivity index (χ1v) is 33.7. The standard InChI is InChI=1S/C70H125NO10/c1-4-7-10-13-16-19-22-25-26-27-28-29-30-31-32-33-34-35-36-37-40-42-45-48-51-54-57-63(74)69(78)71-61(62(73)56-53-50-47-44-41-38-23-20-17-14-11-8-5-2)60-79-70-68(67(77)66(76)64(59-72)80-70)81-65(75)58-55-52-49-46-43-39-24-21-18-15-12-9-6-3/h9,12,15-16,18-19,21,24-26,53,56,61-64,66-68,70,72-74,76-77H,4-8,10-11,13-14,17,20,22-23,27-52,54-55,57-60H2,1-3H3,(H,71,78)/b12-9+,18-15+,19-16-,24-21-,26-25-,56-53+. The highest BCUT2D eigenvalue weighted by Crippen LogP contribution is 2.26. The molecule has 0 spiro atoms. The summed E-state index contributed by atoms with van der Waals surface area (Å²) in [6.45, 7) is 5.64. The van der Waals surface area contributed by atoms with Crippen LogP contribution < -0.4 is 5.32 Å². The minimum Gasteiger partial charge on any atom is -0.454 e. The molecule has 1 rings (SSSR count). The van der Waals surface area contributed by atoms with Crippen molar-refractivity contribution in [2.24, 2.45) is 0 Å². The SMILES string of the molecule is CC/C=C/C=C/C=C\CCCCCCCC(=O)OC1C(OCC(NC(=O)C(O)CCCCCCCCCCCCCCCCCC/C=C\C/C=C\CCCCC)C(O)/C=C/CCCCCCCCCCCCC)OC(CO)C(O)C1O. The first kappa shape index (κ1) is 76.1. The zero-order chi connectivity index (χ0) is 58.9. The summed E-state index contributed by atoms with van der Waals surface area (Å²) in [5.74, 6) is -1.21. The molecule has 1 aliphatic rings. The lowest BCUT2D eigenvalue weighted by atomic mass is 9.99. The van der Waals surface area contributed by atoms with Gasteiger partial charge in [0.15, 0.2) is 12.4 Å². The Morgan fingerprint density at radius 2 is 0.938 bits per heavy atom. The first-order chi connectivity index (χ1) is 39.7. The summed E-state index contributed by atoms with van der Waals surface area (Å²) in [6.07, 6.45) is 63.8. The van der Waals surface area contributed by atoms with Gasteiger partial charge in [0.25, 0.3) is 0 Å². The molecule has 8 unspecified atom stereocenters. The topological polar surface area (TPSA) is 175 Å². The van der Waals surface area contributed by atoms with Crippen LogP contribution in [0.1, 0.15) is 297 Å². The van der Waals surface area contributed by atoms with Crippen molar-refractivity contribution in [2.45, 2.75) is 346 Å². The van der Waals surface area contributed by atoms with Crippen LogP contribution in [0.25, 0.3) is 0 Å². The molecule has 11 nitrogen and oxygen atoms in total. The zero-order valence-corrected chi connectivity index (χ0v) is 52.1. The average molecular weight is 1140 g/mol. The lowest BCUT2D eigenvalue weighted by Crippen LogP contribution is -2.61. The van der Waals surface area contributed by atoms with Crippen LogP contribution in [0.15, 0.2) is 72.9 Å². The van der Waals surface area contributed by atoms with Crippen LogP contribution in [-0.4, -0.2) is 99.6 Å². The molecule has 1 aliphatic heterocycles. The summed E-state index contributed by atoms with van der Waals surface area (Å²) >= 11 is 0. The zero-order valence-electron chi connectivity index (χ0n) is 52.1. The highest BCUT2D eigenvalue weighted by Gasteiger charge is 2.47. The Morgan fingerprint density at radius 3 is 1.44 bits per heavy atom. The molecule has 8 atom stereocenters. The monoisotopic (exact) mass is 1140 g/mol. The third-order valence-corrected chi connectivity index (χ3v) is 15.7. The van der Waals surface area contributed by atoms with Crippen LogP contribution in [0.4, 0.5) is 0 Å². The van der Waals surface area contributed by atoms with Gasteiger partial charge in [0, 0.05) is 6.42 Å². The van der Waals surface area contributed by atoms with Crippen molar-refractivity contribution < 1.29 is 49.3 Å². The molecule has 1 heterocycles. The summed E-state index contributed by atoms with van der Waals surface area (Å²) in [7, 11) is 0. The van der Waals surface area contributed by atoms with Gasteiger partial charge in [0.05, 0.1) is 25.4 Å². The van der Waals surface area contributed by atoms with E-state index in [4.69, 9.17) is 14.2 Å². The number of esters is 1. The van der Waals surface area contributed by atoms with Crippen molar-refractivity contribution in [3.05, 3.63) is 72.9 Å². The first-order valence-electron chi connectivity index (χ1n) is 33.7. The van der Waals surface area contributed by atoms with Gasteiger partial charge in [-0.3, -0.25) is 9.59 Å². The fourth-order valence-electron chi connectivity index (χ4n) is 10.3. The molecule has 0 saturated carbocycles. The molecular formula is C70H125NO10. The van der Waals surface area contributed by atoms with Crippen LogP contribution in [0.3, 0.4) is 0 Å². The van der Waals surface area contributed by atoms with E-state index >= 15 is 0 Å². The van der Waals surface area contributed by atoms with Gasteiger partial charge < -0.3 is 45.1 Å². The molecule has 1 fully saturated rings. The summed E-state index contributed by atoms with van der Waals surface area (Å²) in [5.41, 5.74) is 0. The van der Waals surface area contributed by atoms with E-state index in [1.165, 1.54) is 167 Å². The van der Waals surface area contributed by atoms with E-state index in [0.717, 1.165) is 83.5 Å². The van der Waals surface area contributed by atoms with Crippen molar-refractivity contribution in [3.63, 3.8) is 0 Å². The molecule has 81 heavy (non-hydrogen) atoms. The number of unbranched alkanes of at least 4 members (excludes halogenated alkanes) is 35. The number of hydrogen-bond donors (Lipinski definition) is 6. The number of carbonyl (C=O) groups is 2. The third kappa shape index (κ3) is 45.2. The van der Waals surface area contributed by atoms with Gasteiger partial charge in [-0.15, -0.1) is 0 Å². The summed E-state index contributed by atoms with van der Waals surface area (Å²) < 4.78 is 17.6. The number of amides is 1. The Kier molecular flexibility index (Phi) is 54.1. The molecule has 0 bridgehead atoms. The Hall–Kier alpha value is -2.90. The number of aliphatic hydroxyl groups excluding tert-OH is 5. The smallest absolute Gasteiger partial charge is 0.306 e. The molecule has 470 valence electrons. The maximum Gasteiger partial charge on any atom is 0.306 e. The van der Waals surface area contributed by atoms with Crippen molar-refractivity contribution in [1.29, 1.82) is 0 Å². The summed E-state index contributed by atoms with van der Waals surface area (Å²) in [6, 6.07) is -1.03. The van der Waals surface area contributed by atoms with Crippen molar-refractivity contribution in [1.82, 2.24) is 5.32 Å². The van der Waals surface area contributed by atoms with Crippen LogP contribution in [0.2, 0.25) is 0 Å². The molecule has 1 saturated heterocycles. The van der Waals surface area contributed by atoms with Crippen molar-refractivity contribution >= 4 is 11.9 Å². The lowest BCUT2D eigenvalue weighted by Gasteiger charge is -2.41. The molecule has 0 aromatic rings. The van der Waals surface area contributed by atoms with Crippen LogP contribution >= 0.6 is 0 Å². The molecule has 6 N–H and O–H groups in total. The van der Waals surface area contributed by atoms with Crippen LogP contribution in [-0.2, 0) is 23.8 Å². The maximum absolute atomic E-state index is 13.5. The van der Waals surface area contributed by atoms with Crippen LogP contribution in [0, 0.1) is 0 Å². The van der Waals surface area contributed by atoms with E-state index in [1.807, 2.05) is 24.3 Å². The fourth-order valence-corrected chi connectivity index (χ4v) is 10.3. The quantitative estimate of drug-likeness (QED) is 0.0149. The van der Waals surface area contributed by atoms with Gasteiger partial charge in [0.1, 0.15) is 24.4 Å². The van der Waals surface area contributed by atoms with Crippen molar-refractivity contribution in [2.75, 3.05) is 13.2 Å². The third-order valence-electron chi connectivity index (χ3n) is 15.7. The predicted molar refractivity (Wildman–Crippen MR) is 338 cm³/mol. The fraction of sp³-hybridized carbons (Fsp3) is 0.800. The van der Waals surface area contributed by atoms with E-state index in [9.17, 15) is 35.1 Å². The number of allylic oxidation sites excluding steroid dienone is 11. The number of nitrogens with one attached hydrogen (secondary N) is 1. The second kappa shape index (κ2) is 57.5. The number of rotatable bonds is 57. The average Bonchev–Trinajstić information content (AvgIpc) is 3.50. The number of ether oxygens (including phenoxy) is 3. The molecular weight excluding hydrogens is 1010 g/mol. The molecule has 0 radical (unpaired) electrons. The highest BCUT2D eigenvalue weighted by atomic mass is 16.7. The molecule has 0 aliphatic carbocycles. The predicted octanol–water partition coefficient (Wildman–Crippen LogP) is 16.7. The Balaban J connectivity index is 2.58. The van der Waals surface area contributed by atoms with Gasteiger partial charge in [0.2, 0.25) is 5.91 Å². The van der Waals surface area contributed by atoms with E-state index in [1.54, 1.807) is 6.08 Å². The van der Waals surface area contributed by atoms with E-state index < -0.39 is 67.4 Å². The highest BCUT2D eigenvalue weighted by molar-refractivity contribution is 5.80. The largest absolute Gasteiger partial charge is 0.454 e. The molecule has 11 heteroatoms. The van der Waals surface area contributed by atoms with Gasteiger partial charge in [-0.25, -0.2) is 0 Å². The van der Waals surface area contributed by atoms with Gasteiger partial charge in [-0.1, -0.05) is 286 Å². The minimum atomic E-state index is -1.62. The van der Waals surface area contributed by atoms with E-state index in [2.05, 4.69) is 68.6 Å². The molecule has 0 aromatic heterocycles. The number of aliphatic hydroxyl groups is 5. The second-order valence-electron chi connectivity index (χ2n) is 23.2. The maximum atomic E-state index is 13.5. The molecule has 1 amide bonds. The minimum absolute atomic E-state index is 0.0995. The number of hydrogen-bond acceptors (Lipinski definition) is 10. The Morgan fingerprint density at radius 1 is 0.506 bits per heavy atom. The number of carbonyl (C=O) groups excluding carboxylic acids is 2. The Labute approximate surface area is 496 Å². The van der Waals surface area contributed by atoms with Gasteiger partial charge >= 0.3 is 5.97 Å². The van der Waals surface area contributed by atoms with E-state index in [-0.39, 0.29) is 19.4 Å². The van der Waals surface area contributed by atoms with Gasteiger partial charge in [-0.2, -0.15) is 0 Å². The van der Waals surface area contributed by atoms with Crippen molar-refractivity contribution in [3.8, 4) is 0 Å². The Bertz CT molecular complexity index is 1590. The van der Waals surface area contributed by atoms with Gasteiger partial charge in [-0.05, 0) is 77.0 Å². The normalized spacial score (nSPS) is 19.1. The summed E-state index contributed by atoms with van der Waals surface area (Å²) in [4.78, 5) is 26.6. The summed E-state index contributed by atoms with van der Waals surface area (Å²) in [5, 5.41) is 57.1. The second-order valence-corrected chi connectivity index (χ2v) is 23.2.